The van der Waals surface area contributed by atoms with E-state index >= 15 is 0 Å². The third-order valence-corrected chi connectivity index (χ3v) is 5.53. The lowest BCUT2D eigenvalue weighted by Crippen LogP contribution is -2.42. The number of hydrogen-bond acceptors (Lipinski definition) is 2. The molecule has 3 rings (SSSR count). The highest BCUT2D eigenvalue weighted by Gasteiger charge is 2.31. The van der Waals surface area contributed by atoms with Gasteiger partial charge in [-0.15, -0.1) is 0 Å². The molecule has 0 N–H and O–H groups in total. The quantitative estimate of drug-likeness (QED) is 0.804. The van der Waals surface area contributed by atoms with E-state index in [0.717, 1.165) is 18.4 Å². The highest BCUT2D eigenvalue weighted by Crippen LogP contribution is 2.30. The normalized spacial score (nSPS) is 20.4. The fourth-order valence-corrected chi connectivity index (χ4v) is 4.01. The molecule has 1 aromatic rings. The van der Waals surface area contributed by atoms with E-state index in [-0.39, 0.29) is 0 Å². The first-order valence-electron chi connectivity index (χ1n) is 5.96. The Morgan fingerprint density at radius 1 is 1.06 bits per heavy atom. The zero-order valence-electron chi connectivity index (χ0n) is 9.59. The molecule has 1 heterocycles. The van der Waals surface area contributed by atoms with Crippen LogP contribution in [-0.4, -0.2) is 25.8 Å². The van der Waals surface area contributed by atoms with Crippen LogP contribution in [0.25, 0.3) is 6.08 Å². The van der Waals surface area contributed by atoms with Gasteiger partial charge in [-0.25, -0.2) is 8.42 Å². The van der Waals surface area contributed by atoms with Gasteiger partial charge in [-0.2, -0.15) is 4.31 Å². The molecule has 0 unspecified atom stereocenters. The standard InChI is InChI=1S/C13H15NO2S/c15-17(16,14-8-3-9-14)13-7-6-11-4-1-2-5-12(11)10-13/h1-2,4-5,10H,3,6-9H2. The molecule has 0 atom stereocenters. The summed E-state index contributed by atoms with van der Waals surface area (Å²) in [7, 11) is -3.17. The Morgan fingerprint density at radius 2 is 1.82 bits per heavy atom. The number of aryl methyl sites for hydroxylation is 1. The molecule has 90 valence electrons. The Labute approximate surface area is 102 Å². The first kappa shape index (κ1) is 11.0. The molecule has 0 radical (unpaired) electrons. The Hall–Kier alpha value is -1.13. The molecule has 1 aromatic carbocycles. The summed E-state index contributed by atoms with van der Waals surface area (Å²) in [5.41, 5.74) is 2.30. The Kier molecular flexibility index (Phi) is 2.56. The van der Waals surface area contributed by atoms with Crippen molar-refractivity contribution in [2.24, 2.45) is 0 Å². The average molecular weight is 249 g/mol. The van der Waals surface area contributed by atoms with Gasteiger partial charge >= 0.3 is 0 Å². The van der Waals surface area contributed by atoms with Crippen molar-refractivity contribution in [3.8, 4) is 0 Å². The highest BCUT2D eigenvalue weighted by molar-refractivity contribution is 7.93. The number of nitrogens with zero attached hydrogens (tertiary/aromatic N) is 1. The van der Waals surface area contributed by atoms with E-state index in [4.69, 9.17) is 0 Å². The van der Waals surface area contributed by atoms with Gasteiger partial charge in [0.05, 0.1) is 4.91 Å². The Balaban J connectivity index is 1.99. The topological polar surface area (TPSA) is 37.4 Å². The van der Waals surface area contributed by atoms with Crippen molar-refractivity contribution in [2.45, 2.75) is 19.3 Å². The molecule has 4 heteroatoms. The van der Waals surface area contributed by atoms with E-state index in [2.05, 4.69) is 6.07 Å². The van der Waals surface area contributed by atoms with Crippen LogP contribution in [0.2, 0.25) is 0 Å². The van der Waals surface area contributed by atoms with Crippen LogP contribution in [0.1, 0.15) is 24.0 Å². The van der Waals surface area contributed by atoms with Crippen LogP contribution in [0, 0.1) is 0 Å². The molecule has 0 aromatic heterocycles. The molecular weight excluding hydrogens is 234 g/mol. The van der Waals surface area contributed by atoms with E-state index in [1.54, 1.807) is 4.31 Å². The predicted molar refractivity (Wildman–Crippen MR) is 67.8 cm³/mol. The van der Waals surface area contributed by atoms with Crippen LogP contribution < -0.4 is 0 Å². The molecule has 17 heavy (non-hydrogen) atoms. The van der Waals surface area contributed by atoms with Gasteiger partial charge in [-0.05, 0) is 36.5 Å². The van der Waals surface area contributed by atoms with E-state index in [9.17, 15) is 8.42 Å². The monoisotopic (exact) mass is 249 g/mol. The third kappa shape index (κ3) is 1.81. The largest absolute Gasteiger partial charge is 0.239 e. The lowest BCUT2D eigenvalue weighted by atomic mass is 9.98. The van der Waals surface area contributed by atoms with Crippen molar-refractivity contribution in [3.05, 3.63) is 40.3 Å². The zero-order chi connectivity index (χ0) is 11.9. The summed E-state index contributed by atoms with van der Waals surface area (Å²) in [6.45, 7) is 1.36. The Bertz CT molecular complexity index is 571. The second-order valence-corrected chi connectivity index (χ2v) is 6.56. The second-order valence-electron chi connectivity index (χ2n) is 4.57. The van der Waals surface area contributed by atoms with Gasteiger partial charge in [-0.3, -0.25) is 0 Å². The first-order valence-corrected chi connectivity index (χ1v) is 7.40. The highest BCUT2D eigenvalue weighted by atomic mass is 32.2. The summed E-state index contributed by atoms with van der Waals surface area (Å²) in [6.07, 6.45) is 4.29. The summed E-state index contributed by atoms with van der Waals surface area (Å²) >= 11 is 0. The zero-order valence-corrected chi connectivity index (χ0v) is 10.4. The van der Waals surface area contributed by atoms with Crippen molar-refractivity contribution in [2.75, 3.05) is 13.1 Å². The van der Waals surface area contributed by atoms with Gasteiger partial charge in [-0.1, -0.05) is 24.3 Å². The van der Waals surface area contributed by atoms with E-state index in [1.807, 2.05) is 24.3 Å². The average Bonchev–Trinajstić information content (AvgIpc) is 2.25. The fourth-order valence-electron chi connectivity index (χ4n) is 2.30. The molecule has 0 bridgehead atoms. The van der Waals surface area contributed by atoms with Crippen LogP contribution in [0.15, 0.2) is 29.2 Å². The van der Waals surface area contributed by atoms with E-state index < -0.39 is 10.0 Å². The molecule has 1 fully saturated rings. The predicted octanol–water partition coefficient (Wildman–Crippen LogP) is 2.01. The minimum atomic E-state index is -3.17. The van der Waals surface area contributed by atoms with Crippen molar-refractivity contribution < 1.29 is 8.42 Å². The molecule has 1 aliphatic carbocycles. The van der Waals surface area contributed by atoms with E-state index in [1.165, 1.54) is 5.56 Å². The maximum absolute atomic E-state index is 12.2. The molecule has 0 saturated carbocycles. The van der Waals surface area contributed by atoms with Crippen LogP contribution in [0.3, 0.4) is 0 Å². The number of rotatable bonds is 2. The van der Waals surface area contributed by atoms with Gasteiger partial charge in [0.2, 0.25) is 10.0 Å². The van der Waals surface area contributed by atoms with Crippen LogP contribution >= 0.6 is 0 Å². The minimum absolute atomic E-state index is 0.580. The summed E-state index contributed by atoms with van der Waals surface area (Å²) in [5.74, 6) is 0. The summed E-state index contributed by atoms with van der Waals surface area (Å²) < 4.78 is 26.0. The number of sulfonamides is 1. The van der Waals surface area contributed by atoms with Crippen LogP contribution in [0.5, 0.6) is 0 Å². The van der Waals surface area contributed by atoms with Gasteiger partial charge in [0.15, 0.2) is 0 Å². The molecule has 1 aliphatic heterocycles. The van der Waals surface area contributed by atoms with Crippen molar-refractivity contribution in [1.82, 2.24) is 4.31 Å². The Morgan fingerprint density at radius 3 is 2.53 bits per heavy atom. The maximum Gasteiger partial charge on any atom is 0.239 e. The SMILES string of the molecule is O=S(=O)(C1=Cc2ccccc2CC1)N1CCC1. The van der Waals surface area contributed by atoms with Crippen LogP contribution in [-0.2, 0) is 16.4 Å². The van der Waals surface area contributed by atoms with E-state index in [0.29, 0.717) is 24.4 Å². The summed E-state index contributed by atoms with van der Waals surface area (Å²) in [4.78, 5) is 0.580. The van der Waals surface area contributed by atoms with Crippen molar-refractivity contribution in [3.63, 3.8) is 0 Å². The van der Waals surface area contributed by atoms with Gasteiger partial charge in [0, 0.05) is 13.1 Å². The minimum Gasteiger partial charge on any atom is -0.207 e. The number of benzene rings is 1. The molecule has 0 amide bonds. The van der Waals surface area contributed by atoms with Crippen molar-refractivity contribution >= 4 is 16.1 Å². The van der Waals surface area contributed by atoms with Gasteiger partial charge in [0.1, 0.15) is 0 Å². The van der Waals surface area contributed by atoms with Gasteiger partial charge in [0.25, 0.3) is 0 Å². The second kappa shape index (κ2) is 3.96. The lowest BCUT2D eigenvalue weighted by molar-refractivity contribution is 0.312. The number of fused-ring (bicyclic) bond motifs is 1. The summed E-state index contributed by atoms with van der Waals surface area (Å²) in [6, 6.07) is 8.01. The maximum atomic E-state index is 12.2. The van der Waals surface area contributed by atoms with Gasteiger partial charge < -0.3 is 0 Å². The van der Waals surface area contributed by atoms with Crippen molar-refractivity contribution in [1.29, 1.82) is 0 Å². The smallest absolute Gasteiger partial charge is 0.207 e. The molecule has 2 aliphatic rings. The third-order valence-electron chi connectivity index (χ3n) is 3.50. The number of hydrogen-bond donors (Lipinski definition) is 0. The fraction of sp³-hybridized carbons (Fsp3) is 0.385. The number of allylic oxidation sites excluding steroid dienone is 1. The molecule has 1 saturated heterocycles. The summed E-state index contributed by atoms with van der Waals surface area (Å²) in [5, 5.41) is 0. The van der Waals surface area contributed by atoms with Crippen LogP contribution in [0.4, 0.5) is 0 Å². The lowest BCUT2D eigenvalue weighted by Gasteiger charge is -2.31. The molecule has 0 spiro atoms. The molecular formula is C13H15NO2S. The first-order chi connectivity index (χ1) is 8.18. The molecule has 3 nitrogen and oxygen atoms in total.